The number of hydrogen-bond acceptors (Lipinski definition) is 5. The van der Waals surface area contributed by atoms with Crippen molar-refractivity contribution in [2.45, 2.75) is 18.2 Å². The molecule has 0 atom stereocenters. The van der Waals surface area contributed by atoms with Crippen molar-refractivity contribution in [2.75, 3.05) is 45.3 Å². The van der Waals surface area contributed by atoms with Gasteiger partial charge in [-0.3, -0.25) is 0 Å². The molecule has 1 aromatic rings. The van der Waals surface area contributed by atoms with E-state index in [0.29, 0.717) is 25.5 Å². The van der Waals surface area contributed by atoms with Gasteiger partial charge in [0.15, 0.2) is 0 Å². The van der Waals surface area contributed by atoms with Crippen LogP contribution in [0.4, 0.5) is 5.69 Å². The summed E-state index contributed by atoms with van der Waals surface area (Å²) in [4.78, 5) is 0.260. The van der Waals surface area contributed by atoms with Gasteiger partial charge < -0.3 is 14.8 Å². The Bertz CT molecular complexity index is 505. The summed E-state index contributed by atoms with van der Waals surface area (Å²) in [5, 5.41) is 3.12. The van der Waals surface area contributed by atoms with Crippen LogP contribution in [-0.2, 0) is 19.5 Å². The molecule has 21 heavy (non-hydrogen) atoms. The van der Waals surface area contributed by atoms with Gasteiger partial charge in [0.1, 0.15) is 4.90 Å². The molecule has 0 fully saturated rings. The Hall–Kier alpha value is -1.15. The lowest BCUT2D eigenvalue weighted by Crippen LogP contribution is -2.28. The fourth-order valence-electron chi connectivity index (χ4n) is 1.68. The summed E-state index contributed by atoms with van der Waals surface area (Å²) < 4.78 is 37.2. The third-order valence-electron chi connectivity index (χ3n) is 2.71. The minimum atomic E-state index is -3.54. The van der Waals surface area contributed by atoms with Gasteiger partial charge in [-0.25, -0.2) is 13.1 Å². The Morgan fingerprint density at radius 2 is 1.86 bits per heavy atom. The van der Waals surface area contributed by atoms with Crippen molar-refractivity contribution in [2.24, 2.45) is 0 Å². The van der Waals surface area contributed by atoms with Gasteiger partial charge >= 0.3 is 0 Å². The maximum absolute atomic E-state index is 12.3. The Morgan fingerprint density at radius 3 is 2.57 bits per heavy atom. The lowest BCUT2D eigenvalue weighted by Gasteiger charge is -2.12. The molecule has 0 aliphatic carbocycles. The number of sulfonamides is 1. The molecular formula is C14H24N2O4S. The van der Waals surface area contributed by atoms with E-state index in [2.05, 4.69) is 10.0 Å². The number of para-hydroxylation sites is 1. The third-order valence-corrected chi connectivity index (χ3v) is 4.23. The second-order valence-electron chi connectivity index (χ2n) is 4.43. The lowest BCUT2D eigenvalue weighted by atomic mass is 10.3. The molecule has 0 bridgehead atoms. The van der Waals surface area contributed by atoms with E-state index < -0.39 is 10.0 Å². The predicted molar refractivity (Wildman–Crippen MR) is 83.1 cm³/mol. The molecule has 0 spiro atoms. The standard InChI is InChI=1S/C14H24N2O4S/c1-3-8-15-13-6-4-5-7-14(13)21(17,18)16-9-10-20-12-11-19-2/h4-7,15-16H,3,8-12H2,1-2H3. The van der Waals surface area contributed by atoms with Gasteiger partial charge in [0.05, 0.1) is 25.5 Å². The van der Waals surface area contributed by atoms with Crippen molar-refractivity contribution < 1.29 is 17.9 Å². The maximum Gasteiger partial charge on any atom is 0.242 e. The van der Waals surface area contributed by atoms with Crippen molar-refractivity contribution in [3.63, 3.8) is 0 Å². The van der Waals surface area contributed by atoms with Gasteiger partial charge in [0.2, 0.25) is 10.0 Å². The number of anilines is 1. The van der Waals surface area contributed by atoms with Crippen LogP contribution in [0.25, 0.3) is 0 Å². The number of ether oxygens (including phenoxy) is 2. The highest BCUT2D eigenvalue weighted by Crippen LogP contribution is 2.20. The zero-order valence-electron chi connectivity index (χ0n) is 12.6. The second-order valence-corrected chi connectivity index (χ2v) is 6.16. The second kappa shape index (κ2) is 9.73. The minimum absolute atomic E-state index is 0.230. The molecule has 0 saturated heterocycles. The molecule has 120 valence electrons. The van der Waals surface area contributed by atoms with Crippen molar-refractivity contribution in [1.82, 2.24) is 4.72 Å². The molecule has 0 heterocycles. The van der Waals surface area contributed by atoms with Gasteiger partial charge in [0, 0.05) is 20.2 Å². The molecule has 7 heteroatoms. The average molecular weight is 316 g/mol. The molecule has 1 aromatic carbocycles. The number of nitrogens with one attached hydrogen (secondary N) is 2. The van der Waals surface area contributed by atoms with Crippen molar-refractivity contribution in [3.8, 4) is 0 Å². The van der Waals surface area contributed by atoms with Crippen molar-refractivity contribution in [1.29, 1.82) is 0 Å². The molecule has 0 aliphatic heterocycles. The van der Waals surface area contributed by atoms with Gasteiger partial charge in [0.25, 0.3) is 0 Å². The first kappa shape index (κ1) is 17.9. The zero-order chi connectivity index (χ0) is 15.6. The summed E-state index contributed by atoms with van der Waals surface area (Å²) in [6.07, 6.45) is 0.926. The summed E-state index contributed by atoms with van der Waals surface area (Å²) in [6, 6.07) is 6.87. The minimum Gasteiger partial charge on any atom is -0.384 e. The fourth-order valence-corrected chi connectivity index (χ4v) is 2.87. The van der Waals surface area contributed by atoms with Crippen molar-refractivity contribution >= 4 is 15.7 Å². The summed E-state index contributed by atoms with van der Waals surface area (Å²) in [6.45, 7) is 4.25. The summed E-state index contributed by atoms with van der Waals surface area (Å²) in [7, 11) is -1.95. The smallest absolute Gasteiger partial charge is 0.242 e. The normalized spacial score (nSPS) is 11.5. The summed E-state index contributed by atoms with van der Waals surface area (Å²) in [5.41, 5.74) is 0.618. The van der Waals surface area contributed by atoms with E-state index in [-0.39, 0.29) is 11.4 Å². The van der Waals surface area contributed by atoms with E-state index in [1.54, 1.807) is 25.3 Å². The highest BCUT2D eigenvalue weighted by molar-refractivity contribution is 7.89. The first-order valence-corrected chi connectivity index (χ1v) is 8.49. The van der Waals surface area contributed by atoms with E-state index in [0.717, 1.165) is 13.0 Å². The average Bonchev–Trinajstić information content (AvgIpc) is 2.49. The monoisotopic (exact) mass is 316 g/mol. The van der Waals surface area contributed by atoms with Crippen LogP contribution >= 0.6 is 0 Å². The molecule has 0 saturated carbocycles. The molecule has 2 N–H and O–H groups in total. The number of rotatable bonds is 11. The van der Waals surface area contributed by atoms with Gasteiger partial charge in [-0.15, -0.1) is 0 Å². The number of hydrogen-bond donors (Lipinski definition) is 2. The van der Waals surface area contributed by atoms with Crippen LogP contribution < -0.4 is 10.0 Å². The quantitative estimate of drug-likeness (QED) is 0.604. The largest absolute Gasteiger partial charge is 0.384 e. The summed E-state index contributed by atoms with van der Waals surface area (Å²) >= 11 is 0. The third kappa shape index (κ3) is 6.43. The number of benzene rings is 1. The zero-order valence-corrected chi connectivity index (χ0v) is 13.4. The van der Waals surface area contributed by atoms with Crippen LogP contribution in [0.3, 0.4) is 0 Å². The van der Waals surface area contributed by atoms with Crippen LogP contribution in [0.5, 0.6) is 0 Å². The Kier molecular flexibility index (Phi) is 8.29. The number of methoxy groups -OCH3 is 1. The first-order valence-electron chi connectivity index (χ1n) is 7.01. The Morgan fingerprint density at radius 1 is 1.10 bits per heavy atom. The molecule has 1 rings (SSSR count). The maximum atomic E-state index is 12.3. The molecule has 0 aromatic heterocycles. The van der Waals surface area contributed by atoms with E-state index in [1.165, 1.54) is 0 Å². The molecule has 0 amide bonds. The molecule has 6 nitrogen and oxygen atoms in total. The Labute approximate surface area is 126 Å². The van der Waals surface area contributed by atoms with Gasteiger partial charge in [-0.05, 0) is 18.6 Å². The van der Waals surface area contributed by atoms with E-state index in [4.69, 9.17) is 9.47 Å². The van der Waals surface area contributed by atoms with Gasteiger partial charge in [-0.1, -0.05) is 19.1 Å². The van der Waals surface area contributed by atoms with E-state index >= 15 is 0 Å². The van der Waals surface area contributed by atoms with Crippen LogP contribution in [0, 0.1) is 0 Å². The molecule has 0 radical (unpaired) electrons. The van der Waals surface area contributed by atoms with E-state index in [9.17, 15) is 8.42 Å². The highest BCUT2D eigenvalue weighted by atomic mass is 32.2. The predicted octanol–water partition coefficient (Wildman–Crippen LogP) is 1.45. The summed E-state index contributed by atoms with van der Waals surface area (Å²) in [5.74, 6) is 0. The van der Waals surface area contributed by atoms with E-state index in [1.807, 2.05) is 13.0 Å². The molecule has 0 aliphatic rings. The van der Waals surface area contributed by atoms with Crippen LogP contribution in [0.2, 0.25) is 0 Å². The molecular weight excluding hydrogens is 292 g/mol. The lowest BCUT2D eigenvalue weighted by molar-refractivity contribution is 0.0736. The van der Waals surface area contributed by atoms with Crippen LogP contribution in [-0.4, -0.2) is 48.4 Å². The van der Waals surface area contributed by atoms with Crippen LogP contribution in [0.15, 0.2) is 29.2 Å². The van der Waals surface area contributed by atoms with Crippen molar-refractivity contribution in [3.05, 3.63) is 24.3 Å². The SMILES string of the molecule is CCCNc1ccccc1S(=O)(=O)NCCOCCOC. The Balaban J connectivity index is 2.57. The first-order chi connectivity index (χ1) is 10.1. The van der Waals surface area contributed by atoms with Gasteiger partial charge in [-0.2, -0.15) is 0 Å². The molecule has 0 unspecified atom stereocenters. The topological polar surface area (TPSA) is 76.7 Å². The highest BCUT2D eigenvalue weighted by Gasteiger charge is 2.17. The fraction of sp³-hybridized carbons (Fsp3) is 0.571. The van der Waals surface area contributed by atoms with Crippen LogP contribution in [0.1, 0.15) is 13.3 Å².